The highest BCUT2D eigenvalue weighted by atomic mass is 16.3. The predicted octanol–water partition coefficient (Wildman–Crippen LogP) is 1.76. The zero-order valence-corrected chi connectivity index (χ0v) is 7.92. The molecule has 0 radical (unpaired) electrons. The Bertz CT molecular complexity index is 163. The van der Waals surface area contributed by atoms with Crippen LogP contribution in [0.3, 0.4) is 0 Å². The summed E-state index contributed by atoms with van der Waals surface area (Å²) in [5.41, 5.74) is 0. The van der Waals surface area contributed by atoms with E-state index in [4.69, 9.17) is 0 Å². The predicted molar refractivity (Wildman–Crippen MR) is 47.8 cm³/mol. The Morgan fingerprint density at radius 2 is 2.17 bits per heavy atom. The number of rotatable bonds is 3. The molecule has 1 saturated carbocycles. The highest BCUT2D eigenvalue weighted by Crippen LogP contribution is 2.29. The van der Waals surface area contributed by atoms with Crippen LogP contribution in [0.25, 0.3) is 0 Å². The first kappa shape index (κ1) is 9.72. The summed E-state index contributed by atoms with van der Waals surface area (Å²) in [6.45, 7) is 3.84. The SMILES string of the molecule is CC(C)C(=O)C[C@@H]1CCC[C@H]1O. The van der Waals surface area contributed by atoms with Crippen LogP contribution >= 0.6 is 0 Å². The second-order valence-electron chi connectivity index (χ2n) is 4.08. The van der Waals surface area contributed by atoms with Crippen molar-refractivity contribution in [2.45, 2.75) is 45.6 Å². The van der Waals surface area contributed by atoms with Crippen LogP contribution in [0.4, 0.5) is 0 Å². The first-order valence-electron chi connectivity index (χ1n) is 4.82. The van der Waals surface area contributed by atoms with Gasteiger partial charge < -0.3 is 5.11 Å². The van der Waals surface area contributed by atoms with E-state index in [1.54, 1.807) is 0 Å². The molecule has 0 spiro atoms. The largest absolute Gasteiger partial charge is 0.393 e. The normalized spacial score (nSPS) is 29.7. The van der Waals surface area contributed by atoms with E-state index in [1.165, 1.54) is 0 Å². The molecular formula is C10H18O2. The Labute approximate surface area is 74.0 Å². The first-order chi connectivity index (χ1) is 5.61. The maximum atomic E-state index is 11.3. The maximum absolute atomic E-state index is 11.3. The van der Waals surface area contributed by atoms with Crippen molar-refractivity contribution < 1.29 is 9.90 Å². The molecule has 1 aliphatic rings. The molecule has 0 aliphatic heterocycles. The molecule has 1 rings (SSSR count). The first-order valence-corrected chi connectivity index (χ1v) is 4.82. The lowest BCUT2D eigenvalue weighted by Gasteiger charge is -2.14. The van der Waals surface area contributed by atoms with Crippen LogP contribution in [-0.2, 0) is 4.79 Å². The van der Waals surface area contributed by atoms with Gasteiger partial charge >= 0.3 is 0 Å². The molecule has 0 aromatic carbocycles. The van der Waals surface area contributed by atoms with E-state index in [1.807, 2.05) is 13.8 Å². The van der Waals surface area contributed by atoms with E-state index in [2.05, 4.69) is 0 Å². The number of hydrogen-bond acceptors (Lipinski definition) is 2. The van der Waals surface area contributed by atoms with Crippen LogP contribution < -0.4 is 0 Å². The van der Waals surface area contributed by atoms with E-state index in [0.717, 1.165) is 19.3 Å². The van der Waals surface area contributed by atoms with Crippen molar-refractivity contribution in [1.82, 2.24) is 0 Å². The average molecular weight is 170 g/mol. The van der Waals surface area contributed by atoms with Crippen molar-refractivity contribution >= 4 is 5.78 Å². The number of hydrogen-bond donors (Lipinski definition) is 1. The molecule has 2 heteroatoms. The fraction of sp³-hybridized carbons (Fsp3) is 0.900. The molecule has 0 aromatic heterocycles. The monoisotopic (exact) mass is 170 g/mol. The van der Waals surface area contributed by atoms with Crippen molar-refractivity contribution in [3.05, 3.63) is 0 Å². The van der Waals surface area contributed by atoms with Crippen LogP contribution in [0.5, 0.6) is 0 Å². The van der Waals surface area contributed by atoms with Gasteiger partial charge in [-0.15, -0.1) is 0 Å². The molecule has 0 heterocycles. The second kappa shape index (κ2) is 4.04. The summed E-state index contributed by atoms with van der Waals surface area (Å²) in [7, 11) is 0. The number of aliphatic hydroxyl groups excluding tert-OH is 1. The minimum atomic E-state index is -0.215. The van der Waals surface area contributed by atoms with Crippen LogP contribution in [0, 0.1) is 11.8 Å². The van der Waals surface area contributed by atoms with Crippen molar-refractivity contribution in [3.8, 4) is 0 Å². The van der Waals surface area contributed by atoms with Crippen LogP contribution in [0.15, 0.2) is 0 Å². The molecule has 0 saturated heterocycles. The fourth-order valence-electron chi connectivity index (χ4n) is 1.75. The van der Waals surface area contributed by atoms with Gasteiger partial charge in [0.2, 0.25) is 0 Å². The third-order valence-corrected chi connectivity index (χ3v) is 2.73. The molecule has 12 heavy (non-hydrogen) atoms. The van der Waals surface area contributed by atoms with Gasteiger partial charge in [0.05, 0.1) is 6.10 Å². The quantitative estimate of drug-likeness (QED) is 0.700. The summed E-state index contributed by atoms with van der Waals surface area (Å²) in [5.74, 6) is 0.665. The van der Waals surface area contributed by atoms with Crippen molar-refractivity contribution in [3.63, 3.8) is 0 Å². The third kappa shape index (κ3) is 2.31. The summed E-state index contributed by atoms with van der Waals surface area (Å²) < 4.78 is 0. The fourth-order valence-corrected chi connectivity index (χ4v) is 1.75. The van der Waals surface area contributed by atoms with E-state index >= 15 is 0 Å². The van der Waals surface area contributed by atoms with Gasteiger partial charge in [-0.3, -0.25) is 4.79 Å². The van der Waals surface area contributed by atoms with Crippen LogP contribution in [0.2, 0.25) is 0 Å². The number of carbonyl (C=O) groups excluding carboxylic acids is 1. The lowest BCUT2D eigenvalue weighted by atomic mass is 9.94. The van der Waals surface area contributed by atoms with Gasteiger partial charge in [0, 0.05) is 12.3 Å². The minimum Gasteiger partial charge on any atom is -0.393 e. The van der Waals surface area contributed by atoms with Gasteiger partial charge in [0.15, 0.2) is 0 Å². The van der Waals surface area contributed by atoms with Gasteiger partial charge in [-0.2, -0.15) is 0 Å². The molecule has 0 bridgehead atoms. The van der Waals surface area contributed by atoms with Crippen LogP contribution in [0.1, 0.15) is 39.5 Å². The lowest BCUT2D eigenvalue weighted by Crippen LogP contribution is -2.19. The highest BCUT2D eigenvalue weighted by Gasteiger charge is 2.27. The molecule has 0 aromatic rings. The molecule has 1 aliphatic carbocycles. The average Bonchev–Trinajstić information content (AvgIpc) is 2.36. The van der Waals surface area contributed by atoms with E-state index in [-0.39, 0.29) is 17.9 Å². The van der Waals surface area contributed by atoms with E-state index in [9.17, 15) is 9.90 Å². The van der Waals surface area contributed by atoms with Crippen molar-refractivity contribution in [1.29, 1.82) is 0 Å². The third-order valence-electron chi connectivity index (χ3n) is 2.73. The summed E-state index contributed by atoms with van der Waals surface area (Å²) in [5, 5.41) is 9.47. The number of ketones is 1. The maximum Gasteiger partial charge on any atom is 0.135 e. The summed E-state index contributed by atoms with van der Waals surface area (Å²) in [4.78, 5) is 11.3. The second-order valence-corrected chi connectivity index (χ2v) is 4.08. The summed E-state index contributed by atoms with van der Waals surface area (Å²) in [6.07, 6.45) is 3.36. The molecular weight excluding hydrogens is 152 g/mol. The Balaban J connectivity index is 2.35. The van der Waals surface area contributed by atoms with Gasteiger partial charge in [-0.05, 0) is 18.8 Å². The van der Waals surface area contributed by atoms with Crippen molar-refractivity contribution in [2.24, 2.45) is 11.8 Å². The molecule has 0 amide bonds. The Kier molecular flexibility index (Phi) is 3.27. The minimum absolute atomic E-state index is 0.123. The molecule has 1 fully saturated rings. The van der Waals surface area contributed by atoms with E-state index < -0.39 is 0 Å². The lowest BCUT2D eigenvalue weighted by molar-refractivity contribution is -0.123. The molecule has 0 unspecified atom stereocenters. The van der Waals surface area contributed by atoms with E-state index in [0.29, 0.717) is 12.2 Å². The standard InChI is InChI=1S/C10H18O2/c1-7(2)10(12)6-8-4-3-5-9(8)11/h7-9,11H,3-6H2,1-2H3/t8-,9+/m0/s1. The van der Waals surface area contributed by atoms with Crippen LogP contribution in [-0.4, -0.2) is 17.0 Å². The molecule has 2 nitrogen and oxygen atoms in total. The summed E-state index contributed by atoms with van der Waals surface area (Å²) >= 11 is 0. The number of Topliss-reactive ketones (excluding diaryl/α,β-unsaturated/α-hetero) is 1. The topological polar surface area (TPSA) is 37.3 Å². The number of aliphatic hydroxyl groups is 1. The molecule has 70 valence electrons. The highest BCUT2D eigenvalue weighted by molar-refractivity contribution is 5.80. The summed E-state index contributed by atoms with van der Waals surface area (Å²) in [6, 6.07) is 0. The van der Waals surface area contributed by atoms with Crippen molar-refractivity contribution in [2.75, 3.05) is 0 Å². The number of carbonyl (C=O) groups is 1. The van der Waals surface area contributed by atoms with Gasteiger partial charge in [-0.1, -0.05) is 20.3 Å². The Morgan fingerprint density at radius 1 is 1.50 bits per heavy atom. The van der Waals surface area contributed by atoms with Gasteiger partial charge in [0.1, 0.15) is 5.78 Å². The smallest absolute Gasteiger partial charge is 0.135 e. The van der Waals surface area contributed by atoms with Gasteiger partial charge in [-0.25, -0.2) is 0 Å². The zero-order chi connectivity index (χ0) is 9.14. The Morgan fingerprint density at radius 3 is 2.58 bits per heavy atom. The molecule has 2 atom stereocenters. The van der Waals surface area contributed by atoms with Gasteiger partial charge in [0.25, 0.3) is 0 Å². The Hall–Kier alpha value is -0.370. The molecule has 1 N–H and O–H groups in total. The zero-order valence-electron chi connectivity index (χ0n) is 7.92.